The topological polar surface area (TPSA) is 113 Å². The second kappa shape index (κ2) is 13.5. The van der Waals surface area contributed by atoms with Gasteiger partial charge in [-0.15, -0.1) is 13.2 Å². The van der Waals surface area contributed by atoms with Crippen molar-refractivity contribution >= 4 is 23.3 Å². The molecule has 0 aromatic carbocycles. The molecular formula is C10H15NO6S. The summed E-state index contributed by atoms with van der Waals surface area (Å²) < 4.78 is 26.8. The summed E-state index contributed by atoms with van der Waals surface area (Å²) in [6.07, 6.45) is 5.82. The molecule has 0 saturated carbocycles. The summed E-state index contributed by atoms with van der Waals surface area (Å²) in [5, 5.41) is 3.05. The molecule has 0 spiro atoms. The number of hydrogen-bond donors (Lipinski definition) is 3. The molecule has 1 aliphatic rings. The second-order valence-electron chi connectivity index (χ2n) is 2.54. The normalized spacial score (nSPS) is 11.9. The van der Waals surface area contributed by atoms with Gasteiger partial charge in [0.15, 0.2) is 0 Å². The number of esters is 2. The molecule has 0 bridgehead atoms. The zero-order valence-corrected chi connectivity index (χ0v) is 10.4. The molecule has 0 atom stereocenters. The molecule has 0 unspecified atom stereocenters. The minimum atomic E-state index is -2.61. The van der Waals surface area contributed by atoms with Gasteiger partial charge in [0.2, 0.25) is 0 Å². The van der Waals surface area contributed by atoms with E-state index < -0.39 is 23.3 Å². The maximum atomic E-state index is 9.92. The van der Waals surface area contributed by atoms with E-state index in [1.165, 1.54) is 0 Å². The van der Waals surface area contributed by atoms with Crippen LogP contribution in [0.5, 0.6) is 0 Å². The van der Waals surface area contributed by atoms with E-state index in [1.54, 1.807) is 0 Å². The number of carbonyl (C=O) groups excluding carboxylic acids is 2. The SMILES string of the molecule is C=CCNCC=C.O=C1C=CC(=O)O1.O=S(O)O. The molecule has 0 aromatic rings. The third-order valence-corrected chi connectivity index (χ3v) is 1.13. The van der Waals surface area contributed by atoms with Crippen LogP contribution in [-0.4, -0.2) is 38.3 Å². The summed E-state index contributed by atoms with van der Waals surface area (Å²) in [5.41, 5.74) is 0. The second-order valence-corrected chi connectivity index (χ2v) is 3.00. The van der Waals surface area contributed by atoms with Gasteiger partial charge in [-0.05, 0) is 0 Å². The van der Waals surface area contributed by atoms with Crippen molar-refractivity contribution in [1.29, 1.82) is 0 Å². The third-order valence-electron chi connectivity index (χ3n) is 1.13. The van der Waals surface area contributed by atoms with Crippen LogP contribution in [0, 0.1) is 0 Å². The molecule has 8 heteroatoms. The number of hydrogen-bond acceptors (Lipinski definition) is 5. The van der Waals surface area contributed by atoms with Gasteiger partial charge in [0.05, 0.1) is 0 Å². The quantitative estimate of drug-likeness (QED) is 0.222. The van der Waals surface area contributed by atoms with Gasteiger partial charge in [-0.25, -0.2) is 9.59 Å². The van der Waals surface area contributed by atoms with Crippen molar-refractivity contribution in [3.8, 4) is 0 Å². The van der Waals surface area contributed by atoms with Crippen LogP contribution in [0.25, 0.3) is 0 Å². The van der Waals surface area contributed by atoms with Gasteiger partial charge in [-0.3, -0.25) is 9.11 Å². The summed E-state index contributed by atoms with van der Waals surface area (Å²) in [4.78, 5) is 19.8. The number of carbonyl (C=O) groups is 2. The summed E-state index contributed by atoms with van der Waals surface area (Å²) >= 11 is -2.61. The summed E-state index contributed by atoms with van der Waals surface area (Å²) in [6, 6.07) is 0. The van der Waals surface area contributed by atoms with E-state index in [1.807, 2.05) is 12.2 Å². The first-order valence-electron chi connectivity index (χ1n) is 4.60. The van der Waals surface area contributed by atoms with Gasteiger partial charge in [0.1, 0.15) is 0 Å². The minimum absolute atomic E-state index is 0.579. The number of ether oxygens (including phenoxy) is 1. The van der Waals surface area contributed by atoms with Crippen LogP contribution in [0.4, 0.5) is 0 Å². The fourth-order valence-electron chi connectivity index (χ4n) is 0.591. The van der Waals surface area contributed by atoms with Crippen molar-refractivity contribution in [1.82, 2.24) is 5.32 Å². The molecule has 3 N–H and O–H groups in total. The fraction of sp³-hybridized carbons (Fsp3) is 0.200. The molecule has 1 rings (SSSR count). The standard InChI is InChI=1S/C6H11N.C4H2O3.H2O3S/c1-3-5-7-6-4-2;5-3-1-2-4(6)7-3;1-4(2)3/h3-4,7H,1-2,5-6H2;1-2H;(H2,1,2,3). The van der Waals surface area contributed by atoms with Crippen LogP contribution in [0.2, 0.25) is 0 Å². The van der Waals surface area contributed by atoms with Crippen molar-refractivity contribution in [3.63, 3.8) is 0 Å². The molecule has 0 aromatic heterocycles. The lowest BCUT2D eigenvalue weighted by Gasteiger charge is -1.90. The van der Waals surface area contributed by atoms with E-state index >= 15 is 0 Å². The molecule has 0 radical (unpaired) electrons. The van der Waals surface area contributed by atoms with Crippen molar-refractivity contribution < 1.29 is 27.6 Å². The van der Waals surface area contributed by atoms with Crippen LogP contribution in [0.3, 0.4) is 0 Å². The fourth-order valence-corrected chi connectivity index (χ4v) is 0.591. The molecule has 0 amide bonds. The van der Waals surface area contributed by atoms with E-state index in [0.29, 0.717) is 0 Å². The Bertz CT molecular complexity index is 311. The van der Waals surface area contributed by atoms with Crippen LogP contribution >= 0.6 is 0 Å². The monoisotopic (exact) mass is 277 g/mol. The lowest BCUT2D eigenvalue weighted by molar-refractivity contribution is -0.150. The van der Waals surface area contributed by atoms with E-state index in [-0.39, 0.29) is 0 Å². The summed E-state index contributed by atoms with van der Waals surface area (Å²) in [6.45, 7) is 8.81. The van der Waals surface area contributed by atoms with Crippen molar-refractivity contribution in [2.45, 2.75) is 0 Å². The van der Waals surface area contributed by atoms with E-state index in [9.17, 15) is 9.59 Å². The lowest BCUT2D eigenvalue weighted by Crippen LogP contribution is -2.11. The summed E-state index contributed by atoms with van der Waals surface area (Å²) in [7, 11) is 0. The minimum Gasteiger partial charge on any atom is -0.387 e. The molecule has 1 aliphatic heterocycles. The van der Waals surface area contributed by atoms with Crippen molar-refractivity contribution in [2.24, 2.45) is 0 Å². The first-order chi connectivity index (χ1) is 8.43. The zero-order valence-electron chi connectivity index (χ0n) is 9.57. The maximum absolute atomic E-state index is 9.92. The Morgan fingerprint density at radius 1 is 1.17 bits per heavy atom. The predicted molar refractivity (Wildman–Crippen MR) is 66.9 cm³/mol. The zero-order chi connectivity index (χ0) is 14.4. The van der Waals surface area contributed by atoms with Crippen molar-refractivity contribution in [3.05, 3.63) is 37.5 Å². The van der Waals surface area contributed by atoms with Gasteiger partial charge in [0.25, 0.3) is 11.4 Å². The van der Waals surface area contributed by atoms with Gasteiger partial charge < -0.3 is 10.1 Å². The Hall–Kier alpha value is -1.61. The average Bonchev–Trinajstić information content (AvgIpc) is 2.63. The molecule has 0 saturated heterocycles. The van der Waals surface area contributed by atoms with Crippen LogP contribution in [0.15, 0.2) is 37.5 Å². The molecular weight excluding hydrogens is 262 g/mol. The summed E-state index contributed by atoms with van der Waals surface area (Å²) in [5.74, 6) is -1.16. The molecule has 1 heterocycles. The number of rotatable bonds is 4. The Balaban J connectivity index is 0. The average molecular weight is 277 g/mol. The van der Waals surface area contributed by atoms with Gasteiger partial charge in [-0.1, -0.05) is 12.2 Å². The molecule has 0 aliphatic carbocycles. The third kappa shape index (κ3) is 19.9. The molecule has 18 heavy (non-hydrogen) atoms. The first kappa shape index (κ1) is 18.7. The number of nitrogens with one attached hydrogen (secondary N) is 1. The van der Waals surface area contributed by atoms with E-state index in [4.69, 9.17) is 13.3 Å². The highest BCUT2D eigenvalue weighted by atomic mass is 32.2. The van der Waals surface area contributed by atoms with E-state index in [0.717, 1.165) is 25.2 Å². The highest BCUT2D eigenvalue weighted by molar-refractivity contribution is 7.73. The highest BCUT2D eigenvalue weighted by Gasteiger charge is 2.10. The Kier molecular flexibility index (Phi) is 14.0. The van der Waals surface area contributed by atoms with Crippen LogP contribution in [-0.2, 0) is 25.7 Å². The van der Waals surface area contributed by atoms with Gasteiger partial charge in [0, 0.05) is 25.2 Å². The first-order valence-corrected chi connectivity index (χ1v) is 5.66. The molecule has 7 nitrogen and oxygen atoms in total. The lowest BCUT2D eigenvalue weighted by atomic mass is 10.5. The largest absolute Gasteiger partial charge is 0.387 e. The maximum Gasteiger partial charge on any atom is 0.338 e. The van der Waals surface area contributed by atoms with E-state index in [2.05, 4.69) is 23.2 Å². The predicted octanol–water partition coefficient (Wildman–Crippen LogP) is 0.255. The number of cyclic esters (lactones) is 2. The smallest absolute Gasteiger partial charge is 0.338 e. The van der Waals surface area contributed by atoms with Crippen molar-refractivity contribution in [2.75, 3.05) is 13.1 Å². The van der Waals surface area contributed by atoms with Crippen LogP contribution in [0.1, 0.15) is 0 Å². The highest BCUT2D eigenvalue weighted by Crippen LogP contribution is 1.92. The molecule has 102 valence electrons. The van der Waals surface area contributed by atoms with Crippen LogP contribution < -0.4 is 5.32 Å². The Labute approximate surface area is 107 Å². The molecule has 0 fully saturated rings. The van der Waals surface area contributed by atoms with Gasteiger partial charge in [-0.2, -0.15) is 4.21 Å². The Morgan fingerprint density at radius 2 is 1.50 bits per heavy atom. The Morgan fingerprint density at radius 3 is 1.67 bits per heavy atom. The van der Waals surface area contributed by atoms with Gasteiger partial charge >= 0.3 is 11.9 Å².